The number of fused-ring (bicyclic) bond motifs is 3. The van der Waals surface area contributed by atoms with E-state index < -0.39 is 18.4 Å². The standard InChI is InChI=1S/C47H57F2N11O5/c1-29(61)57-16-12-40-38(27-57)45(58-13-4-5-30-21-35(31-23-51-54(2)25-31)36(44(48)49)22-42(30)58)53-60(40)32-10-14-55(15-11-32)17-18-56-19-20-65-33(26-56)24-50-39-7-3-6-34-37(39)28-59(47(34)64)41-8-9-43(62)52-46(41)63/h3,6-7,21-23,25,32-33,41,44,50H,4-5,8-20,24,26-28H2,1-2H3,(H,52,62,63). The van der Waals surface area contributed by atoms with Crippen LogP contribution in [0.1, 0.15) is 89.8 Å². The Labute approximate surface area is 376 Å². The number of imide groups is 1. The number of aryl methyl sites for hydroxylation is 2. The van der Waals surface area contributed by atoms with E-state index in [1.54, 1.807) is 48.1 Å². The van der Waals surface area contributed by atoms with Crippen LogP contribution in [0.2, 0.25) is 0 Å². The molecule has 2 unspecified atom stereocenters. The van der Waals surface area contributed by atoms with Gasteiger partial charge in [-0.3, -0.25) is 38.8 Å². The Hall–Kier alpha value is -5.72. The summed E-state index contributed by atoms with van der Waals surface area (Å²) in [4.78, 5) is 60.9. The summed E-state index contributed by atoms with van der Waals surface area (Å²) in [7, 11) is 1.79. The fourth-order valence-corrected chi connectivity index (χ4v) is 10.8. The topological polar surface area (TPSA) is 153 Å². The fourth-order valence-electron chi connectivity index (χ4n) is 10.8. The molecule has 2 aromatic heterocycles. The first kappa shape index (κ1) is 43.2. The second kappa shape index (κ2) is 17.9. The number of benzene rings is 2. The molecule has 2 atom stereocenters. The van der Waals surface area contributed by atoms with E-state index in [9.17, 15) is 28.0 Å². The molecule has 2 aromatic carbocycles. The summed E-state index contributed by atoms with van der Waals surface area (Å²) in [5.74, 6) is -0.119. The zero-order chi connectivity index (χ0) is 44.9. The van der Waals surface area contributed by atoms with Crippen molar-refractivity contribution in [3.8, 4) is 11.1 Å². The van der Waals surface area contributed by atoms with Gasteiger partial charge in [0.25, 0.3) is 12.3 Å². The van der Waals surface area contributed by atoms with Gasteiger partial charge in [0.1, 0.15) is 6.04 Å². The van der Waals surface area contributed by atoms with Crippen LogP contribution in [0.4, 0.5) is 26.0 Å². The minimum atomic E-state index is -2.66. The molecule has 8 heterocycles. The number of carbonyl (C=O) groups excluding carboxylic acids is 4. The number of hydrogen-bond acceptors (Lipinski definition) is 11. The van der Waals surface area contributed by atoms with E-state index in [4.69, 9.17) is 9.84 Å². The highest BCUT2D eigenvalue weighted by molar-refractivity contribution is 6.06. The average molecular weight is 894 g/mol. The predicted octanol–water partition coefficient (Wildman–Crippen LogP) is 4.42. The minimum Gasteiger partial charge on any atom is -0.382 e. The van der Waals surface area contributed by atoms with Gasteiger partial charge in [-0.15, -0.1) is 0 Å². The first-order valence-corrected chi connectivity index (χ1v) is 23.1. The third kappa shape index (κ3) is 8.51. The zero-order valence-electron chi connectivity index (χ0n) is 37.1. The molecule has 18 heteroatoms. The molecule has 4 aromatic rings. The van der Waals surface area contributed by atoms with E-state index in [1.807, 2.05) is 23.1 Å². The van der Waals surface area contributed by atoms with Crippen LogP contribution in [-0.4, -0.2) is 140 Å². The number of halogens is 2. The van der Waals surface area contributed by atoms with Crippen LogP contribution in [0.25, 0.3) is 11.1 Å². The van der Waals surface area contributed by atoms with E-state index in [1.165, 1.54) is 0 Å². The van der Waals surface area contributed by atoms with Crippen molar-refractivity contribution in [1.29, 1.82) is 0 Å². The van der Waals surface area contributed by atoms with Gasteiger partial charge in [-0.1, -0.05) is 6.07 Å². The van der Waals surface area contributed by atoms with Crippen molar-refractivity contribution in [2.45, 2.75) is 89.6 Å². The maximum Gasteiger partial charge on any atom is 0.264 e. The quantitative estimate of drug-likeness (QED) is 0.206. The van der Waals surface area contributed by atoms with Crippen LogP contribution in [0.15, 0.2) is 42.7 Å². The molecule has 65 heavy (non-hydrogen) atoms. The first-order valence-electron chi connectivity index (χ1n) is 23.1. The molecule has 344 valence electrons. The Balaban J connectivity index is 0.774. The van der Waals surface area contributed by atoms with Gasteiger partial charge in [-0.05, 0) is 67.5 Å². The average Bonchev–Trinajstić information content (AvgIpc) is 4.02. The lowest BCUT2D eigenvalue weighted by atomic mass is 9.92. The number of morpholine rings is 1. The van der Waals surface area contributed by atoms with Gasteiger partial charge in [0, 0.05) is 143 Å². The predicted molar refractivity (Wildman–Crippen MR) is 238 cm³/mol. The highest BCUT2D eigenvalue weighted by atomic mass is 19.3. The summed E-state index contributed by atoms with van der Waals surface area (Å²) in [6.45, 7) is 10.2. The normalized spacial score (nSPS) is 22.0. The molecule has 0 aliphatic carbocycles. The lowest BCUT2D eigenvalue weighted by Crippen LogP contribution is -2.52. The van der Waals surface area contributed by atoms with Crippen LogP contribution in [0.3, 0.4) is 0 Å². The number of nitrogens with zero attached hydrogens (tertiary/aromatic N) is 9. The largest absolute Gasteiger partial charge is 0.382 e. The number of alkyl halides is 2. The maximum atomic E-state index is 14.7. The number of aromatic nitrogens is 4. The highest BCUT2D eigenvalue weighted by Gasteiger charge is 2.40. The Morgan fingerprint density at radius 1 is 0.954 bits per heavy atom. The number of carbonyl (C=O) groups is 4. The molecule has 2 N–H and O–H groups in total. The summed E-state index contributed by atoms with van der Waals surface area (Å²) < 4.78 is 39.5. The van der Waals surface area contributed by atoms with Crippen LogP contribution < -0.4 is 15.5 Å². The van der Waals surface area contributed by atoms with Crippen molar-refractivity contribution in [3.63, 3.8) is 0 Å². The maximum absolute atomic E-state index is 14.7. The highest BCUT2D eigenvalue weighted by Crippen LogP contribution is 2.44. The number of likely N-dealkylation sites (tertiary alicyclic amines) is 1. The molecule has 3 fully saturated rings. The number of rotatable bonds is 11. The third-order valence-electron chi connectivity index (χ3n) is 14.3. The number of nitrogens with one attached hydrogen (secondary N) is 2. The minimum absolute atomic E-state index is 0.0165. The van der Waals surface area contributed by atoms with Gasteiger partial charge in [-0.25, -0.2) is 8.78 Å². The second-order valence-corrected chi connectivity index (χ2v) is 18.4. The molecule has 0 saturated carbocycles. The smallest absolute Gasteiger partial charge is 0.264 e. The van der Waals surface area contributed by atoms with Crippen molar-refractivity contribution in [2.24, 2.45) is 7.05 Å². The van der Waals surface area contributed by atoms with Crippen molar-refractivity contribution >= 4 is 40.8 Å². The van der Waals surface area contributed by atoms with E-state index >= 15 is 0 Å². The lowest BCUT2D eigenvalue weighted by Gasteiger charge is -2.37. The van der Waals surface area contributed by atoms with Crippen LogP contribution in [0, 0.1) is 0 Å². The zero-order valence-corrected chi connectivity index (χ0v) is 37.1. The van der Waals surface area contributed by atoms with Crippen molar-refractivity contribution in [2.75, 3.05) is 75.7 Å². The molecular formula is C47H57F2N11O5. The Morgan fingerprint density at radius 3 is 2.55 bits per heavy atom. The summed E-state index contributed by atoms with van der Waals surface area (Å²) in [5, 5.41) is 15.5. The fraction of sp³-hybridized carbons (Fsp3) is 0.532. The Kier molecular flexibility index (Phi) is 11.9. The summed E-state index contributed by atoms with van der Waals surface area (Å²) in [5.41, 5.74) is 7.40. The second-order valence-electron chi connectivity index (χ2n) is 18.4. The number of anilines is 3. The third-order valence-corrected chi connectivity index (χ3v) is 14.3. The molecule has 4 amide bonds. The van der Waals surface area contributed by atoms with E-state index in [0.717, 1.165) is 105 Å². The van der Waals surface area contributed by atoms with Crippen LogP contribution in [-0.2, 0) is 52.1 Å². The van der Waals surface area contributed by atoms with E-state index in [-0.39, 0.29) is 41.9 Å². The lowest BCUT2D eigenvalue weighted by molar-refractivity contribution is -0.137. The van der Waals surface area contributed by atoms with Gasteiger partial charge < -0.3 is 29.7 Å². The number of hydrogen-bond donors (Lipinski definition) is 2. The SMILES string of the molecule is CC(=O)N1CCc2c(c(N3CCCc4cc(-c5cnn(C)c5)c(C(F)F)cc43)nn2C2CCN(CCN3CCOC(CNc4cccc5c4CN(C4CCC(=O)NC4=O)C5=O)C3)CC2)C1. The van der Waals surface area contributed by atoms with Gasteiger partial charge in [-0.2, -0.15) is 10.2 Å². The monoisotopic (exact) mass is 893 g/mol. The van der Waals surface area contributed by atoms with E-state index in [2.05, 4.69) is 35.1 Å². The molecular weight excluding hydrogens is 837 g/mol. The molecule has 0 spiro atoms. The number of ether oxygens (including phenoxy) is 1. The molecule has 6 aliphatic rings. The van der Waals surface area contributed by atoms with Crippen molar-refractivity contribution in [3.05, 3.63) is 76.2 Å². The Bertz CT molecular complexity index is 2500. The first-order chi connectivity index (χ1) is 31.5. The number of piperidine rings is 2. The van der Waals surface area contributed by atoms with Gasteiger partial charge in [0.15, 0.2) is 5.82 Å². The van der Waals surface area contributed by atoms with E-state index in [0.29, 0.717) is 68.9 Å². The molecule has 0 bridgehead atoms. The van der Waals surface area contributed by atoms with Crippen LogP contribution in [0.5, 0.6) is 0 Å². The summed E-state index contributed by atoms with van der Waals surface area (Å²) in [6.07, 6.45) is 5.45. The van der Waals surface area contributed by atoms with Gasteiger partial charge in [0.05, 0.1) is 31.5 Å². The van der Waals surface area contributed by atoms with Crippen molar-refractivity contribution < 1.29 is 32.7 Å². The number of amides is 4. The summed E-state index contributed by atoms with van der Waals surface area (Å²) in [6, 6.07) is 8.71. The van der Waals surface area contributed by atoms with Gasteiger partial charge >= 0.3 is 0 Å². The van der Waals surface area contributed by atoms with Crippen molar-refractivity contribution in [1.82, 2.24) is 44.5 Å². The molecule has 16 nitrogen and oxygen atoms in total. The molecule has 6 aliphatic heterocycles. The van der Waals surface area contributed by atoms with Gasteiger partial charge in [0.2, 0.25) is 17.7 Å². The molecule has 10 rings (SSSR count). The molecule has 0 radical (unpaired) electrons. The molecule has 3 saturated heterocycles. The summed E-state index contributed by atoms with van der Waals surface area (Å²) >= 11 is 0. The Morgan fingerprint density at radius 2 is 1.78 bits per heavy atom. The van der Waals surface area contributed by atoms with Crippen LogP contribution >= 0.6 is 0 Å².